The molecule has 0 aliphatic heterocycles. The molecule has 1 rings (SSSR count). The van der Waals surface area contributed by atoms with Gasteiger partial charge in [0.15, 0.2) is 11.4 Å². The van der Waals surface area contributed by atoms with Crippen molar-refractivity contribution in [3.63, 3.8) is 0 Å². The molecule has 112 valence electrons. The van der Waals surface area contributed by atoms with E-state index in [2.05, 4.69) is 9.72 Å². The Balaban J connectivity index is 3.51. The summed E-state index contributed by atoms with van der Waals surface area (Å²) in [6.45, 7) is 0. The van der Waals surface area contributed by atoms with Gasteiger partial charge in [0.05, 0.1) is 18.2 Å². The Bertz CT molecular complexity index is 524. The number of aromatic nitrogens is 1. The van der Waals surface area contributed by atoms with Crippen molar-refractivity contribution in [3.8, 4) is 11.5 Å². The molecule has 5 nitrogen and oxygen atoms in total. The third kappa shape index (κ3) is 3.90. The van der Waals surface area contributed by atoms with E-state index < -0.39 is 47.7 Å². The summed E-state index contributed by atoms with van der Waals surface area (Å²) in [5, 5.41) is 17.6. The van der Waals surface area contributed by atoms with Crippen molar-refractivity contribution in [1.82, 2.24) is 4.98 Å². The first-order valence-electron chi connectivity index (χ1n) is 4.67. The number of pyridine rings is 1. The van der Waals surface area contributed by atoms with Gasteiger partial charge in [0.1, 0.15) is 5.75 Å². The van der Waals surface area contributed by atoms with Crippen LogP contribution in [0.4, 0.5) is 26.3 Å². The molecule has 0 aliphatic carbocycles. The Morgan fingerprint density at radius 1 is 1.25 bits per heavy atom. The summed E-state index contributed by atoms with van der Waals surface area (Å²) < 4.78 is 77.1. The van der Waals surface area contributed by atoms with Crippen LogP contribution in [0.15, 0.2) is 6.20 Å². The maximum atomic E-state index is 12.5. The van der Waals surface area contributed by atoms with Gasteiger partial charge < -0.3 is 14.9 Å². The van der Waals surface area contributed by atoms with Crippen LogP contribution in [-0.2, 0) is 17.4 Å². The van der Waals surface area contributed by atoms with E-state index in [0.29, 0.717) is 0 Å². The summed E-state index contributed by atoms with van der Waals surface area (Å²) in [5.41, 5.74) is -3.25. The van der Waals surface area contributed by atoms with Crippen LogP contribution >= 0.6 is 0 Å². The second-order valence-corrected chi connectivity index (χ2v) is 3.42. The molecule has 0 unspecified atom stereocenters. The highest BCUT2D eigenvalue weighted by atomic mass is 19.4. The van der Waals surface area contributed by atoms with Crippen LogP contribution in [0.5, 0.6) is 11.5 Å². The number of hydrogen-bond donors (Lipinski definition) is 2. The monoisotopic (exact) mass is 305 g/mol. The van der Waals surface area contributed by atoms with Crippen molar-refractivity contribution >= 4 is 5.97 Å². The second-order valence-electron chi connectivity index (χ2n) is 3.42. The molecular weight excluding hydrogens is 300 g/mol. The Labute approximate surface area is 106 Å². The third-order valence-corrected chi connectivity index (χ3v) is 1.93. The van der Waals surface area contributed by atoms with Gasteiger partial charge in [-0.15, -0.1) is 13.2 Å². The summed E-state index contributed by atoms with van der Waals surface area (Å²) >= 11 is 0. The van der Waals surface area contributed by atoms with Gasteiger partial charge >= 0.3 is 18.5 Å². The van der Waals surface area contributed by atoms with Crippen LogP contribution in [0.1, 0.15) is 11.3 Å². The van der Waals surface area contributed by atoms with E-state index in [9.17, 15) is 36.2 Å². The van der Waals surface area contributed by atoms with Crippen molar-refractivity contribution in [1.29, 1.82) is 0 Å². The number of carbonyl (C=O) groups is 1. The number of hydrogen-bond acceptors (Lipinski definition) is 4. The molecule has 1 heterocycles. The zero-order chi connectivity index (χ0) is 15.7. The highest BCUT2D eigenvalue weighted by Crippen LogP contribution is 2.41. The lowest BCUT2D eigenvalue weighted by atomic mass is 10.1. The number of aliphatic carboxylic acids is 1. The lowest BCUT2D eigenvalue weighted by Gasteiger charge is -2.17. The summed E-state index contributed by atoms with van der Waals surface area (Å²) in [6.07, 6.45) is -11.9. The molecule has 2 N–H and O–H groups in total. The van der Waals surface area contributed by atoms with Gasteiger partial charge in [0.25, 0.3) is 0 Å². The molecule has 0 amide bonds. The molecule has 0 radical (unpaired) electrons. The average Bonchev–Trinajstić information content (AvgIpc) is 2.19. The van der Waals surface area contributed by atoms with Crippen LogP contribution < -0.4 is 4.74 Å². The molecule has 1 aromatic rings. The zero-order valence-electron chi connectivity index (χ0n) is 9.21. The molecule has 0 spiro atoms. The first-order valence-corrected chi connectivity index (χ1v) is 4.67. The van der Waals surface area contributed by atoms with Gasteiger partial charge in [-0.1, -0.05) is 0 Å². The van der Waals surface area contributed by atoms with E-state index in [1.54, 1.807) is 0 Å². The molecule has 0 aliphatic rings. The average molecular weight is 305 g/mol. The molecular formula is C9H5F6NO4. The Morgan fingerprint density at radius 2 is 1.80 bits per heavy atom. The molecule has 0 atom stereocenters. The highest BCUT2D eigenvalue weighted by Gasteiger charge is 2.43. The van der Waals surface area contributed by atoms with Gasteiger partial charge in [-0.05, 0) is 0 Å². The first-order chi connectivity index (χ1) is 8.92. The van der Waals surface area contributed by atoms with Crippen molar-refractivity contribution in [2.45, 2.75) is 19.0 Å². The summed E-state index contributed by atoms with van der Waals surface area (Å²) in [6, 6.07) is 0. The third-order valence-electron chi connectivity index (χ3n) is 1.93. The molecule has 20 heavy (non-hydrogen) atoms. The lowest BCUT2D eigenvalue weighted by Crippen LogP contribution is -2.23. The van der Waals surface area contributed by atoms with Crippen molar-refractivity contribution in [2.75, 3.05) is 0 Å². The number of carboxylic acid groups (broad SMARTS) is 1. The Hall–Kier alpha value is -2.20. The van der Waals surface area contributed by atoms with Gasteiger partial charge in [-0.2, -0.15) is 13.2 Å². The molecule has 0 saturated heterocycles. The van der Waals surface area contributed by atoms with E-state index in [4.69, 9.17) is 5.11 Å². The predicted molar refractivity (Wildman–Crippen MR) is 48.9 cm³/mol. The predicted octanol–water partition coefficient (Wildman–Crippen LogP) is 2.33. The second kappa shape index (κ2) is 5.06. The SMILES string of the molecule is O=C(O)Cc1c(O)cnc(C(F)(F)F)c1OC(F)(F)F. The van der Waals surface area contributed by atoms with E-state index in [-0.39, 0.29) is 6.20 Å². The molecule has 0 aromatic carbocycles. The van der Waals surface area contributed by atoms with Gasteiger partial charge in [0.2, 0.25) is 0 Å². The summed E-state index contributed by atoms with van der Waals surface area (Å²) in [4.78, 5) is 13.1. The maximum absolute atomic E-state index is 12.5. The van der Waals surface area contributed by atoms with Gasteiger partial charge in [-0.25, -0.2) is 4.98 Å². The van der Waals surface area contributed by atoms with Crippen LogP contribution in [0.3, 0.4) is 0 Å². The summed E-state index contributed by atoms with van der Waals surface area (Å²) in [5.74, 6) is -4.79. The standard InChI is InChI=1S/C9H5F6NO4/c10-8(11,12)7-6(20-9(13,14)15)3(1-5(18)19)4(17)2-16-7/h2,17H,1H2,(H,18,19). The van der Waals surface area contributed by atoms with Crippen LogP contribution in [0, 0.1) is 0 Å². The normalized spacial score (nSPS) is 12.3. The molecule has 0 saturated carbocycles. The van der Waals surface area contributed by atoms with Crippen molar-refractivity contribution in [3.05, 3.63) is 17.5 Å². The van der Waals surface area contributed by atoms with E-state index in [1.807, 2.05) is 0 Å². The molecule has 0 bridgehead atoms. The summed E-state index contributed by atoms with van der Waals surface area (Å²) in [7, 11) is 0. The molecule has 0 fully saturated rings. The topological polar surface area (TPSA) is 79.7 Å². The number of halogens is 6. The van der Waals surface area contributed by atoms with Crippen LogP contribution in [0.2, 0.25) is 0 Å². The van der Waals surface area contributed by atoms with Crippen LogP contribution in [-0.4, -0.2) is 27.5 Å². The number of rotatable bonds is 3. The quantitative estimate of drug-likeness (QED) is 0.838. The van der Waals surface area contributed by atoms with E-state index in [1.165, 1.54) is 0 Å². The van der Waals surface area contributed by atoms with Crippen LogP contribution in [0.25, 0.3) is 0 Å². The number of ether oxygens (including phenoxy) is 1. The minimum Gasteiger partial charge on any atom is -0.506 e. The number of alkyl halides is 6. The lowest BCUT2D eigenvalue weighted by molar-refractivity contribution is -0.276. The molecule has 1 aromatic heterocycles. The van der Waals surface area contributed by atoms with Crippen molar-refractivity contribution in [2.24, 2.45) is 0 Å². The largest absolute Gasteiger partial charge is 0.573 e. The van der Waals surface area contributed by atoms with Gasteiger partial charge in [0, 0.05) is 0 Å². The minimum absolute atomic E-state index is 0.199. The highest BCUT2D eigenvalue weighted by molar-refractivity contribution is 5.73. The Kier molecular flexibility index (Phi) is 4.01. The minimum atomic E-state index is -5.51. The zero-order valence-corrected chi connectivity index (χ0v) is 9.21. The maximum Gasteiger partial charge on any atom is 0.573 e. The van der Waals surface area contributed by atoms with E-state index >= 15 is 0 Å². The fourth-order valence-electron chi connectivity index (χ4n) is 1.27. The van der Waals surface area contributed by atoms with E-state index in [0.717, 1.165) is 0 Å². The number of aromatic hydroxyl groups is 1. The fourth-order valence-corrected chi connectivity index (χ4v) is 1.27. The number of nitrogens with zero attached hydrogens (tertiary/aromatic N) is 1. The smallest absolute Gasteiger partial charge is 0.506 e. The van der Waals surface area contributed by atoms with Gasteiger partial charge in [-0.3, -0.25) is 4.79 Å². The Morgan fingerprint density at radius 3 is 2.20 bits per heavy atom. The first kappa shape index (κ1) is 15.9. The fraction of sp³-hybridized carbons (Fsp3) is 0.333. The molecule has 11 heteroatoms. The van der Waals surface area contributed by atoms with Crippen molar-refractivity contribution < 1.29 is 46.1 Å². The number of carboxylic acids is 1.